The van der Waals surface area contributed by atoms with Gasteiger partial charge in [0.25, 0.3) is 0 Å². The molecule has 1 heterocycles. The topological polar surface area (TPSA) is 15.7 Å². The molecule has 4 heteroatoms. The molecule has 0 bridgehead atoms. The minimum absolute atomic E-state index is 0.858. The second-order valence-corrected chi connectivity index (χ2v) is 8.73. The van der Waals surface area contributed by atoms with E-state index >= 15 is 0 Å². The fraction of sp³-hybridized carbons (Fsp3) is 0.308. The van der Waals surface area contributed by atoms with Crippen molar-refractivity contribution in [2.75, 3.05) is 20.6 Å². The van der Waals surface area contributed by atoms with Gasteiger partial charge in [0.2, 0.25) is 0 Å². The monoisotopic (exact) mass is 420 g/mol. The van der Waals surface area contributed by atoms with Crippen molar-refractivity contribution in [1.29, 1.82) is 0 Å². The normalized spacial score (nSPS) is 13.6. The summed E-state index contributed by atoms with van der Waals surface area (Å²) >= 11 is 6.63. The lowest BCUT2D eigenvalue weighted by Gasteiger charge is -2.15. The zero-order valence-electron chi connectivity index (χ0n) is 17.8. The van der Waals surface area contributed by atoms with Crippen LogP contribution in [-0.4, -0.2) is 30.4 Å². The van der Waals surface area contributed by atoms with E-state index in [1.54, 1.807) is 0 Å². The van der Waals surface area contributed by atoms with Gasteiger partial charge in [-0.05, 0) is 86.1 Å². The summed E-state index contributed by atoms with van der Waals surface area (Å²) in [5, 5.41) is 0.918. The molecule has 3 aromatic rings. The van der Waals surface area contributed by atoms with Crippen LogP contribution < -0.4 is 4.74 Å². The van der Waals surface area contributed by atoms with Crippen molar-refractivity contribution >= 4 is 11.6 Å². The first-order valence-corrected chi connectivity index (χ1v) is 10.9. The number of aryl methyl sites for hydroxylation is 1. The number of ether oxygens (including phenoxy) is 1. The Labute approximate surface area is 184 Å². The summed E-state index contributed by atoms with van der Waals surface area (Å²) in [6.45, 7) is 3.88. The van der Waals surface area contributed by atoms with Crippen LogP contribution in [0.25, 0.3) is 0 Å². The van der Waals surface area contributed by atoms with Gasteiger partial charge in [-0.2, -0.15) is 0 Å². The Morgan fingerprint density at radius 3 is 2.37 bits per heavy atom. The Bertz CT molecular complexity index is 970. The maximum Gasteiger partial charge on any atom is 0.127 e. The highest BCUT2D eigenvalue weighted by molar-refractivity contribution is 6.31. The van der Waals surface area contributed by atoms with Gasteiger partial charge >= 0.3 is 0 Å². The summed E-state index contributed by atoms with van der Waals surface area (Å²) in [6.07, 6.45) is 2.23. The van der Waals surface area contributed by atoms with Gasteiger partial charge in [-0.3, -0.25) is 4.90 Å². The molecule has 0 aromatic heterocycles. The molecule has 0 saturated heterocycles. The Morgan fingerprint density at radius 2 is 1.63 bits per heavy atom. The maximum absolute atomic E-state index is 6.63. The SMILES string of the molecule is CN(C)CCCc1cc(Cl)c2c(c1)CN(Cc1ccc(Oc3ccccc3)cc1)C2. The van der Waals surface area contributed by atoms with Gasteiger partial charge in [0.1, 0.15) is 11.5 Å². The van der Waals surface area contributed by atoms with Gasteiger partial charge < -0.3 is 9.64 Å². The smallest absolute Gasteiger partial charge is 0.127 e. The average molecular weight is 421 g/mol. The zero-order chi connectivity index (χ0) is 20.9. The number of hydrogen-bond donors (Lipinski definition) is 0. The lowest BCUT2D eigenvalue weighted by Crippen LogP contribution is -2.15. The first kappa shape index (κ1) is 20.9. The van der Waals surface area contributed by atoms with Crippen LogP contribution in [0.2, 0.25) is 5.02 Å². The van der Waals surface area contributed by atoms with Gasteiger partial charge in [0, 0.05) is 24.7 Å². The van der Waals surface area contributed by atoms with Gasteiger partial charge in [0.15, 0.2) is 0 Å². The standard InChI is InChI=1S/C26H29ClN2O/c1-28(2)14-6-7-21-15-22-18-29(19-25(22)26(27)16-21)17-20-10-12-24(13-11-20)30-23-8-4-3-5-9-23/h3-5,8-13,15-16H,6-7,14,17-19H2,1-2H3. The molecule has 30 heavy (non-hydrogen) atoms. The fourth-order valence-electron chi connectivity index (χ4n) is 4.00. The molecule has 0 aliphatic carbocycles. The molecule has 0 spiro atoms. The molecule has 0 N–H and O–H groups in total. The molecule has 0 atom stereocenters. The van der Waals surface area contributed by atoms with Crippen molar-refractivity contribution in [2.45, 2.75) is 32.5 Å². The molecule has 156 valence electrons. The summed E-state index contributed by atoms with van der Waals surface area (Å²) in [5.74, 6) is 1.72. The highest BCUT2D eigenvalue weighted by atomic mass is 35.5. The fourth-order valence-corrected chi connectivity index (χ4v) is 4.32. The van der Waals surface area contributed by atoms with E-state index in [0.29, 0.717) is 0 Å². The van der Waals surface area contributed by atoms with Gasteiger partial charge in [-0.1, -0.05) is 48.0 Å². The molecular weight excluding hydrogens is 392 g/mol. The molecule has 1 aliphatic rings. The minimum Gasteiger partial charge on any atom is -0.457 e. The lowest BCUT2D eigenvalue weighted by molar-refractivity contribution is 0.275. The molecule has 3 nitrogen and oxygen atoms in total. The Hall–Kier alpha value is -2.33. The van der Waals surface area contributed by atoms with Crippen molar-refractivity contribution in [2.24, 2.45) is 0 Å². The Morgan fingerprint density at radius 1 is 0.900 bits per heavy atom. The summed E-state index contributed by atoms with van der Waals surface area (Å²) in [6, 6.07) is 22.8. The number of halogens is 1. The van der Waals surface area contributed by atoms with E-state index in [0.717, 1.165) is 55.5 Å². The summed E-state index contributed by atoms with van der Waals surface area (Å²) in [7, 11) is 4.24. The number of fused-ring (bicyclic) bond motifs is 1. The quantitative estimate of drug-likeness (QED) is 0.435. The van der Waals surface area contributed by atoms with Crippen molar-refractivity contribution in [3.8, 4) is 11.5 Å². The average Bonchev–Trinajstić information content (AvgIpc) is 3.13. The van der Waals surface area contributed by atoms with Crippen LogP contribution >= 0.6 is 11.6 Å². The number of rotatable bonds is 8. The van der Waals surface area contributed by atoms with Crippen LogP contribution in [-0.2, 0) is 26.1 Å². The molecule has 4 rings (SSSR count). The van der Waals surface area contributed by atoms with Crippen LogP contribution in [0.1, 0.15) is 28.7 Å². The highest BCUT2D eigenvalue weighted by Gasteiger charge is 2.22. The van der Waals surface area contributed by atoms with Crippen LogP contribution in [0.5, 0.6) is 11.5 Å². The third-order valence-corrected chi connectivity index (χ3v) is 5.84. The van der Waals surface area contributed by atoms with Crippen LogP contribution in [0.15, 0.2) is 66.7 Å². The lowest BCUT2D eigenvalue weighted by atomic mass is 10.0. The molecule has 0 fully saturated rings. The van der Waals surface area contributed by atoms with Crippen molar-refractivity contribution in [1.82, 2.24) is 9.80 Å². The van der Waals surface area contributed by atoms with E-state index in [1.807, 2.05) is 42.5 Å². The summed E-state index contributed by atoms with van der Waals surface area (Å²) < 4.78 is 5.90. The predicted octanol–water partition coefficient (Wildman–Crippen LogP) is 6.14. The largest absolute Gasteiger partial charge is 0.457 e. The van der Waals surface area contributed by atoms with E-state index in [2.05, 4.69) is 48.2 Å². The number of hydrogen-bond acceptors (Lipinski definition) is 3. The minimum atomic E-state index is 0.858. The molecule has 0 amide bonds. The van der Waals surface area contributed by atoms with E-state index < -0.39 is 0 Å². The Kier molecular flexibility index (Phi) is 6.73. The molecule has 0 radical (unpaired) electrons. The first-order chi connectivity index (χ1) is 14.6. The molecular formula is C26H29ClN2O. The highest BCUT2D eigenvalue weighted by Crippen LogP contribution is 2.32. The van der Waals surface area contributed by atoms with Gasteiger partial charge in [-0.25, -0.2) is 0 Å². The number of benzene rings is 3. The van der Waals surface area contributed by atoms with Crippen molar-refractivity contribution in [3.63, 3.8) is 0 Å². The third-order valence-electron chi connectivity index (χ3n) is 5.50. The van der Waals surface area contributed by atoms with Gasteiger partial charge in [-0.15, -0.1) is 0 Å². The third kappa shape index (κ3) is 5.42. The molecule has 1 aliphatic heterocycles. The van der Waals surface area contributed by atoms with Crippen molar-refractivity contribution in [3.05, 3.63) is 94.0 Å². The maximum atomic E-state index is 6.63. The zero-order valence-corrected chi connectivity index (χ0v) is 18.5. The second-order valence-electron chi connectivity index (χ2n) is 8.33. The molecule has 0 saturated carbocycles. The van der Waals surface area contributed by atoms with Gasteiger partial charge in [0.05, 0.1) is 0 Å². The van der Waals surface area contributed by atoms with E-state index in [4.69, 9.17) is 16.3 Å². The van der Waals surface area contributed by atoms with Crippen molar-refractivity contribution < 1.29 is 4.74 Å². The summed E-state index contributed by atoms with van der Waals surface area (Å²) in [4.78, 5) is 4.68. The van der Waals surface area contributed by atoms with Crippen LogP contribution in [0.3, 0.4) is 0 Å². The number of para-hydroxylation sites is 1. The second kappa shape index (κ2) is 9.65. The Balaban J connectivity index is 1.35. The van der Waals surface area contributed by atoms with E-state index in [-0.39, 0.29) is 0 Å². The molecule has 3 aromatic carbocycles. The van der Waals surface area contributed by atoms with Crippen LogP contribution in [0, 0.1) is 0 Å². The molecule has 0 unspecified atom stereocenters. The van der Waals surface area contributed by atoms with E-state index in [1.165, 1.54) is 22.3 Å². The van der Waals surface area contributed by atoms with Crippen LogP contribution in [0.4, 0.5) is 0 Å². The number of nitrogens with zero attached hydrogens (tertiary/aromatic N) is 2. The van der Waals surface area contributed by atoms with E-state index in [9.17, 15) is 0 Å². The summed E-state index contributed by atoms with van der Waals surface area (Å²) in [5.41, 5.74) is 5.30. The first-order valence-electron chi connectivity index (χ1n) is 10.6. The predicted molar refractivity (Wildman–Crippen MR) is 124 cm³/mol.